The maximum absolute atomic E-state index is 12.6. The van der Waals surface area contributed by atoms with Gasteiger partial charge in [0.05, 0.1) is 23.8 Å². The summed E-state index contributed by atoms with van der Waals surface area (Å²) in [6, 6.07) is 11.7. The Kier molecular flexibility index (Phi) is 5.29. The Balaban J connectivity index is 1.85. The minimum absolute atomic E-state index is 0.121. The van der Waals surface area contributed by atoms with Gasteiger partial charge in [-0.05, 0) is 43.7 Å². The number of morpholine rings is 1. The van der Waals surface area contributed by atoms with Crippen molar-refractivity contribution < 1.29 is 17.9 Å². The van der Waals surface area contributed by atoms with E-state index in [9.17, 15) is 13.2 Å². The van der Waals surface area contributed by atoms with E-state index in [0.717, 1.165) is 11.1 Å². The third kappa shape index (κ3) is 4.05. The van der Waals surface area contributed by atoms with Crippen molar-refractivity contribution in [3.8, 4) is 0 Å². The molecule has 1 saturated heterocycles. The van der Waals surface area contributed by atoms with Gasteiger partial charge < -0.3 is 9.64 Å². The van der Waals surface area contributed by atoms with Gasteiger partial charge in [0.1, 0.15) is 0 Å². The number of benzene rings is 2. The zero-order valence-corrected chi connectivity index (χ0v) is 15.7. The van der Waals surface area contributed by atoms with Gasteiger partial charge in [-0.25, -0.2) is 8.42 Å². The molecule has 3 rings (SSSR count). The third-order valence-corrected chi connectivity index (χ3v) is 5.74. The zero-order chi connectivity index (χ0) is 18.7. The Morgan fingerprint density at radius 2 is 1.69 bits per heavy atom. The van der Waals surface area contributed by atoms with Crippen LogP contribution in [-0.2, 0) is 14.8 Å². The van der Waals surface area contributed by atoms with Crippen molar-refractivity contribution in [1.82, 2.24) is 4.90 Å². The summed E-state index contributed by atoms with van der Waals surface area (Å²) in [5.41, 5.74) is 2.60. The highest BCUT2D eigenvalue weighted by atomic mass is 32.2. The van der Waals surface area contributed by atoms with Gasteiger partial charge in [-0.2, -0.15) is 0 Å². The van der Waals surface area contributed by atoms with Gasteiger partial charge in [-0.1, -0.05) is 23.8 Å². The molecule has 0 unspecified atom stereocenters. The number of anilines is 1. The number of carbonyl (C=O) groups excluding carboxylic acids is 1. The maximum Gasteiger partial charge on any atom is 0.261 e. The molecule has 0 bridgehead atoms. The molecule has 1 heterocycles. The quantitative estimate of drug-likeness (QED) is 0.892. The van der Waals surface area contributed by atoms with E-state index in [1.807, 2.05) is 6.92 Å². The number of hydrogen-bond acceptors (Lipinski definition) is 4. The van der Waals surface area contributed by atoms with E-state index < -0.39 is 10.0 Å². The average molecular weight is 374 g/mol. The largest absolute Gasteiger partial charge is 0.378 e. The molecular weight excluding hydrogens is 352 g/mol. The minimum Gasteiger partial charge on any atom is -0.378 e. The van der Waals surface area contributed by atoms with Crippen molar-refractivity contribution in [2.24, 2.45) is 0 Å². The van der Waals surface area contributed by atoms with Crippen molar-refractivity contribution in [3.05, 3.63) is 59.2 Å². The monoisotopic (exact) mass is 374 g/mol. The van der Waals surface area contributed by atoms with E-state index in [-0.39, 0.29) is 10.8 Å². The topological polar surface area (TPSA) is 75.7 Å². The first-order chi connectivity index (χ1) is 12.4. The minimum atomic E-state index is -3.71. The number of amides is 1. The first kappa shape index (κ1) is 18.4. The highest BCUT2D eigenvalue weighted by molar-refractivity contribution is 7.92. The van der Waals surface area contributed by atoms with Crippen LogP contribution in [0.25, 0.3) is 0 Å². The van der Waals surface area contributed by atoms with E-state index in [1.54, 1.807) is 54.3 Å². The van der Waals surface area contributed by atoms with Gasteiger partial charge in [0, 0.05) is 18.7 Å². The molecule has 0 spiro atoms. The Bertz CT molecular complexity index is 902. The summed E-state index contributed by atoms with van der Waals surface area (Å²) in [5, 5.41) is 0. The fraction of sp³-hybridized carbons (Fsp3) is 0.316. The van der Waals surface area contributed by atoms with Gasteiger partial charge in [-0.3, -0.25) is 9.52 Å². The maximum atomic E-state index is 12.6. The van der Waals surface area contributed by atoms with Crippen LogP contribution in [0.15, 0.2) is 47.4 Å². The fourth-order valence-electron chi connectivity index (χ4n) is 2.74. The van der Waals surface area contributed by atoms with Gasteiger partial charge in [0.25, 0.3) is 15.9 Å². The molecule has 2 aromatic rings. The van der Waals surface area contributed by atoms with Crippen LogP contribution in [0.4, 0.5) is 5.69 Å². The molecule has 1 aliphatic rings. The smallest absolute Gasteiger partial charge is 0.261 e. The van der Waals surface area contributed by atoms with Crippen LogP contribution >= 0.6 is 0 Å². The molecule has 138 valence electrons. The highest BCUT2D eigenvalue weighted by Crippen LogP contribution is 2.22. The molecule has 2 aromatic carbocycles. The molecule has 1 N–H and O–H groups in total. The molecule has 0 aliphatic carbocycles. The van der Waals surface area contributed by atoms with Gasteiger partial charge in [-0.15, -0.1) is 0 Å². The van der Waals surface area contributed by atoms with Crippen LogP contribution in [0.3, 0.4) is 0 Å². The van der Waals surface area contributed by atoms with Crippen LogP contribution in [0, 0.1) is 13.8 Å². The summed E-state index contributed by atoms with van der Waals surface area (Å²) < 4.78 is 33.1. The number of nitrogens with one attached hydrogen (secondary N) is 1. The number of ether oxygens (including phenoxy) is 1. The second-order valence-corrected chi connectivity index (χ2v) is 8.04. The lowest BCUT2D eigenvalue weighted by Gasteiger charge is -2.27. The fourth-order valence-corrected chi connectivity index (χ4v) is 3.86. The number of rotatable bonds is 4. The van der Waals surface area contributed by atoms with Crippen molar-refractivity contribution in [3.63, 3.8) is 0 Å². The standard InChI is InChI=1S/C19H22N2O4S/c1-14-3-7-17(8-4-14)26(23,24)20-18-13-16(6-5-15(18)2)19(22)21-9-11-25-12-10-21/h3-8,13,20H,9-12H2,1-2H3. The molecule has 26 heavy (non-hydrogen) atoms. The summed E-state index contributed by atoms with van der Waals surface area (Å²) in [4.78, 5) is 14.5. The van der Waals surface area contributed by atoms with Gasteiger partial charge >= 0.3 is 0 Å². The summed E-state index contributed by atoms with van der Waals surface area (Å²) in [6.45, 7) is 5.81. The van der Waals surface area contributed by atoms with Crippen LogP contribution in [-0.4, -0.2) is 45.5 Å². The first-order valence-electron chi connectivity index (χ1n) is 8.44. The normalized spacial score (nSPS) is 14.9. The van der Waals surface area contributed by atoms with E-state index in [1.165, 1.54) is 0 Å². The molecular formula is C19H22N2O4S. The zero-order valence-electron chi connectivity index (χ0n) is 14.9. The van der Waals surface area contributed by atoms with Crippen molar-refractivity contribution in [1.29, 1.82) is 0 Å². The number of aryl methyl sites for hydroxylation is 2. The molecule has 1 fully saturated rings. The summed E-state index contributed by atoms with van der Waals surface area (Å²) in [7, 11) is -3.71. The SMILES string of the molecule is Cc1ccc(S(=O)(=O)Nc2cc(C(=O)N3CCOCC3)ccc2C)cc1. The third-order valence-electron chi connectivity index (χ3n) is 4.36. The molecule has 0 radical (unpaired) electrons. The number of hydrogen-bond donors (Lipinski definition) is 1. The van der Waals surface area contributed by atoms with E-state index in [0.29, 0.717) is 37.6 Å². The number of sulfonamides is 1. The van der Waals surface area contributed by atoms with Crippen molar-refractivity contribution in [2.75, 3.05) is 31.0 Å². The lowest BCUT2D eigenvalue weighted by Crippen LogP contribution is -2.40. The van der Waals surface area contributed by atoms with Crippen molar-refractivity contribution >= 4 is 21.6 Å². The lowest BCUT2D eigenvalue weighted by atomic mass is 10.1. The Morgan fingerprint density at radius 3 is 2.35 bits per heavy atom. The van der Waals surface area contributed by atoms with Gasteiger partial charge in [0.2, 0.25) is 0 Å². The number of carbonyl (C=O) groups is 1. The van der Waals surface area contributed by atoms with E-state index >= 15 is 0 Å². The highest BCUT2D eigenvalue weighted by Gasteiger charge is 2.21. The van der Waals surface area contributed by atoms with Crippen molar-refractivity contribution in [2.45, 2.75) is 18.7 Å². The molecule has 0 aromatic heterocycles. The Labute approximate surface area is 153 Å². The predicted octanol–water partition coefficient (Wildman–Crippen LogP) is 2.58. The molecule has 1 amide bonds. The summed E-state index contributed by atoms with van der Waals surface area (Å²) in [6.07, 6.45) is 0. The number of nitrogens with zero attached hydrogens (tertiary/aromatic N) is 1. The van der Waals surface area contributed by atoms with Crippen LogP contribution in [0.2, 0.25) is 0 Å². The molecule has 0 saturated carbocycles. The Hall–Kier alpha value is -2.38. The van der Waals surface area contributed by atoms with Crippen LogP contribution in [0.5, 0.6) is 0 Å². The Morgan fingerprint density at radius 1 is 1.04 bits per heavy atom. The van der Waals surface area contributed by atoms with Crippen LogP contribution in [0.1, 0.15) is 21.5 Å². The molecule has 1 aliphatic heterocycles. The van der Waals surface area contributed by atoms with E-state index in [2.05, 4.69) is 4.72 Å². The molecule has 0 atom stereocenters. The predicted molar refractivity (Wildman–Crippen MR) is 99.9 cm³/mol. The summed E-state index contributed by atoms with van der Waals surface area (Å²) >= 11 is 0. The van der Waals surface area contributed by atoms with Gasteiger partial charge in [0.15, 0.2) is 0 Å². The van der Waals surface area contributed by atoms with Crippen LogP contribution < -0.4 is 4.72 Å². The molecule has 7 heteroatoms. The first-order valence-corrected chi connectivity index (χ1v) is 9.92. The second-order valence-electron chi connectivity index (χ2n) is 6.35. The summed E-state index contributed by atoms with van der Waals surface area (Å²) in [5.74, 6) is -0.121. The van der Waals surface area contributed by atoms with E-state index in [4.69, 9.17) is 4.74 Å². The molecule has 6 nitrogen and oxygen atoms in total. The second kappa shape index (κ2) is 7.47. The lowest BCUT2D eigenvalue weighted by molar-refractivity contribution is 0.0303. The average Bonchev–Trinajstić information content (AvgIpc) is 2.64.